The third-order valence-corrected chi connectivity index (χ3v) is 4.92. The average molecular weight is 379 g/mol. The number of aromatic nitrogens is 2. The quantitative estimate of drug-likeness (QED) is 0.676. The predicted octanol–water partition coefficient (Wildman–Crippen LogP) is 3.38. The predicted molar refractivity (Wildman–Crippen MR) is 103 cm³/mol. The zero-order chi connectivity index (χ0) is 19.5. The standard InChI is InChI=1S/C21H21N3O4/c1-26-17-9-8-15(12-18(17)27-2)21(25)24-11-10-16(13-24)20-23-22-19(28-20)14-6-4-3-5-7-14/h3-9,12,16H,10-11,13H2,1-2H3/t16-/m0/s1. The first-order chi connectivity index (χ1) is 13.7. The van der Waals surface area contributed by atoms with E-state index in [4.69, 9.17) is 13.9 Å². The summed E-state index contributed by atoms with van der Waals surface area (Å²) in [6, 6.07) is 14.8. The fraction of sp³-hybridized carbons (Fsp3) is 0.286. The van der Waals surface area contributed by atoms with E-state index in [0.717, 1.165) is 12.0 Å². The lowest BCUT2D eigenvalue weighted by Gasteiger charge is -2.17. The molecule has 144 valence electrons. The van der Waals surface area contributed by atoms with Gasteiger partial charge in [-0.1, -0.05) is 18.2 Å². The van der Waals surface area contributed by atoms with Gasteiger partial charge in [0, 0.05) is 24.2 Å². The number of benzene rings is 2. The number of hydrogen-bond donors (Lipinski definition) is 0. The Bertz CT molecular complexity index is 971. The van der Waals surface area contributed by atoms with Gasteiger partial charge in [0.2, 0.25) is 11.8 Å². The van der Waals surface area contributed by atoms with Gasteiger partial charge in [0.1, 0.15) is 0 Å². The molecule has 0 aliphatic carbocycles. The Hall–Kier alpha value is -3.35. The van der Waals surface area contributed by atoms with Crippen LogP contribution >= 0.6 is 0 Å². The molecule has 1 fully saturated rings. The summed E-state index contributed by atoms with van der Waals surface area (Å²) < 4.78 is 16.4. The van der Waals surface area contributed by atoms with E-state index in [1.54, 1.807) is 37.3 Å². The van der Waals surface area contributed by atoms with Gasteiger partial charge in [-0.2, -0.15) is 0 Å². The maximum absolute atomic E-state index is 12.9. The van der Waals surface area contributed by atoms with Crippen molar-refractivity contribution in [3.63, 3.8) is 0 Å². The molecule has 0 N–H and O–H groups in total. The van der Waals surface area contributed by atoms with Gasteiger partial charge in [0.25, 0.3) is 5.91 Å². The summed E-state index contributed by atoms with van der Waals surface area (Å²) in [5.41, 5.74) is 1.45. The van der Waals surface area contributed by atoms with Crippen molar-refractivity contribution in [2.75, 3.05) is 27.3 Å². The van der Waals surface area contributed by atoms with Crippen LogP contribution in [0.4, 0.5) is 0 Å². The number of likely N-dealkylation sites (tertiary alicyclic amines) is 1. The Morgan fingerprint density at radius 2 is 1.86 bits per heavy atom. The Kier molecular flexibility index (Phi) is 4.97. The van der Waals surface area contributed by atoms with Gasteiger partial charge in [-0.05, 0) is 36.8 Å². The van der Waals surface area contributed by atoms with E-state index in [2.05, 4.69) is 10.2 Å². The molecule has 0 spiro atoms. The molecular formula is C21H21N3O4. The molecule has 0 radical (unpaired) electrons. The van der Waals surface area contributed by atoms with Gasteiger partial charge in [0.15, 0.2) is 11.5 Å². The molecule has 4 rings (SSSR count). The van der Waals surface area contributed by atoms with Crippen molar-refractivity contribution >= 4 is 5.91 Å². The van der Waals surface area contributed by atoms with Gasteiger partial charge < -0.3 is 18.8 Å². The van der Waals surface area contributed by atoms with Crippen LogP contribution < -0.4 is 9.47 Å². The number of hydrogen-bond acceptors (Lipinski definition) is 6. The van der Waals surface area contributed by atoms with Crippen LogP contribution in [0.15, 0.2) is 52.9 Å². The minimum atomic E-state index is -0.0498. The normalized spacial score (nSPS) is 16.2. The van der Waals surface area contributed by atoms with Crippen LogP contribution in [-0.2, 0) is 0 Å². The molecule has 3 aromatic rings. The Balaban J connectivity index is 1.47. The third-order valence-electron chi connectivity index (χ3n) is 4.92. The largest absolute Gasteiger partial charge is 0.493 e. The maximum Gasteiger partial charge on any atom is 0.254 e. The second kappa shape index (κ2) is 7.72. The van der Waals surface area contributed by atoms with Crippen molar-refractivity contribution in [1.82, 2.24) is 15.1 Å². The number of carbonyl (C=O) groups excluding carboxylic acids is 1. The molecule has 2 aromatic carbocycles. The first-order valence-corrected chi connectivity index (χ1v) is 9.09. The van der Waals surface area contributed by atoms with Crippen molar-refractivity contribution in [3.8, 4) is 23.0 Å². The summed E-state index contributed by atoms with van der Waals surface area (Å²) in [5.74, 6) is 2.19. The lowest BCUT2D eigenvalue weighted by Crippen LogP contribution is -2.28. The summed E-state index contributed by atoms with van der Waals surface area (Å²) in [7, 11) is 3.12. The first kappa shape index (κ1) is 18.0. The van der Waals surface area contributed by atoms with Gasteiger partial charge >= 0.3 is 0 Å². The van der Waals surface area contributed by atoms with Crippen molar-refractivity contribution in [3.05, 3.63) is 60.0 Å². The number of amides is 1. The van der Waals surface area contributed by atoms with Gasteiger partial charge in [-0.3, -0.25) is 4.79 Å². The summed E-state index contributed by atoms with van der Waals surface area (Å²) in [4.78, 5) is 14.7. The number of rotatable bonds is 5. The second-order valence-electron chi connectivity index (χ2n) is 6.62. The highest BCUT2D eigenvalue weighted by atomic mass is 16.5. The summed E-state index contributed by atoms with van der Waals surface area (Å²) >= 11 is 0. The zero-order valence-corrected chi connectivity index (χ0v) is 15.8. The molecular weight excluding hydrogens is 358 g/mol. The summed E-state index contributed by atoms with van der Waals surface area (Å²) in [6.45, 7) is 1.19. The van der Waals surface area contributed by atoms with Crippen LogP contribution in [0.1, 0.15) is 28.6 Å². The van der Waals surface area contributed by atoms with Crippen LogP contribution in [0.3, 0.4) is 0 Å². The van der Waals surface area contributed by atoms with Gasteiger partial charge in [-0.15, -0.1) is 10.2 Å². The van der Waals surface area contributed by atoms with Crippen LogP contribution in [0, 0.1) is 0 Å². The van der Waals surface area contributed by atoms with Crippen LogP contribution in [0.2, 0.25) is 0 Å². The SMILES string of the molecule is COc1ccc(C(=O)N2CC[C@H](c3nnc(-c4ccccc4)o3)C2)cc1OC. The highest BCUT2D eigenvalue weighted by molar-refractivity contribution is 5.95. The maximum atomic E-state index is 12.9. The number of ether oxygens (including phenoxy) is 2. The molecule has 2 heterocycles. The third kappa shape index (κ3) is 3.43. The Morgan fingerprint density at radius 1 is 1.07 bits per heavy atom. The Morgan fingerprint density at radius 3 is 2.61 bits per heavy atom. The highest BCUT2D eigenvalue weighted by Gasteiger charge is 2.31. The van der Waals surface area contributed by atoms with E-state index < -0.39 is 0 Å². The average Bonchev–Trinajstić information content (AvgIpc) is 3.43. The Labute approximate surface area is 162 Å². The van der Waals surface area contributed by atoms with E-state index in [0.29, 0.717) is 41.9 Å². The molecule has 1 amide bonds. The van der Waals surface area contributed by atoms with Crippen LogP contribution in [0.25, 0.3) is 11.5 Å². The molecule has 1 aliphatic heterocycles. The molecule has 0 saturated carbocycles. The molecule has 0 unspecified atom stereocenters. The van der Waals surface area contributed by atoms with E-state index in [9.17, 15) is 4.79 Å². The highest BCUT2D eigenvalue weighted by Crippen LogP contribution is 2.31. The molecule has 0 bridgehead atoms. The van der Waals surface area contributed by atoms with E-state index >= 15 is 0 Å². The monoisotopic (exact) mass is 379 g/mol. The smallest absolute Gasteiger partial charge is 0.254 e. The molecule has 1 aromatic heterocycles. The minimum absolute atomic E-state index is 0.0362. The van der Waals surface area contributed by atoms with Crippen molar-refractivity contribution in [1.29, 1.82) is 0 Å². The van der Waals surface area contributed by atoms with Crippen molar-refractivity contribution < 1.29 is 18.7 Å². The first-order valence-electron chi connectivity index (χ1n) is 9.09. The van der Waals surface area contributed by atoms with Gasteiger partial charge in [0.05, 0.1) is 20.1 Å². The summed E-state index contributed by atoms with van der Waals surface area (Å²) in [5, 5.41) is 8.35. The molecule has 1 saturated heterocycles. The molecule has 7 heteroatoms. The zero-order valence-electron chi connectivity index (χ0n) is 15.8. The van der Waals surface area contributed by atoms with Crippen LogP contribution in [0.5, 0.6) is 11.5 Å². The minimum Gasteiger partial charge on any atom is -0.493 e. The molecule has 7 nitrogen and oxygen atoms in total. The van der Waals surface area contributed by atoms with Crippen LogP contribution in [-0.4, -0.2) is 48.3 Å². The van der Waals surface area contributed by atoms with Crippen molar-refractivity contribution in [2.24, 2.45) is 0 Å². The molecule has 1 atom stereocenters. The lowest BCUT2D eigenvalue weighted by molar-refractivity contribution is 0.0789. The topological polar surface area (TPSA) is 77.7 Å². The summed E-state index contributed by atoms with van der Waals surface area (Å²) in [6.07, 6.45) is 0.787. The number of methoxy groups -OCH3 is 2. The lowest BCUT2D eigenvalue weighted by atomic mass is 10.1. The molecule has 28 heavy (non-hydrogen) atoms. The number of carbonyl (C=O) groups is 1. The van der Waals surface area contributed by atoms with Gasteiger partial charge in [-0.25, -0.2) is 0 Å². The van der Waals surface area contributed by atoms with Crippen molar-refractivity contribution in [2.45, 2.75) is 12.3 Å². The second-order valence-corrected chi connectivity index (χ2v) is 6.62. The van der Waals surface area contributed by atoms with E-state index in [1.165, 1.54) is 0 Å². The number of nitrogens with zero attached hydrogens (tertiary/aromatic N) is 3. The fourth-order valence-electron chi connectivity index (χ4n) is 3.40. The van der Waals surface area contributed by atoms with E-state index in [-0.39, 0.29) is 11.8 Å². The fourth-order valence-corrected chi connectivity index (χ4v) is 3.40. The molecule has 1 aliphatic rings. The van der Waals surface area contributed by atoms with E-state index in [1.807, 2.05) is 30.3 Å².